The molecule has 20 nitrogen and oxygen atoms in total. The van der Waals surface area contributed by atoms with Gasteiger partial charge in [-0.3, -0.25) is 19.2 Å². The van der Waals surface area contributed by atoms with Crippen LogP contribution in [0.1, 0.15) is 127 Å². The summed E-state index contributed by atoms with van der Waals surface area (Å²) >= 11 is 9.53. The van der Waals surface area contributed by atoms with Crippen molar-refractivity contribution < 1.29 is 47.7 Å². The zero-order valence-corrected chi connectivity index (χ0v) is 60.5. The number of rotatable bonds is 29. The van der Waals surface area contributed by atoms with E-state index in [0.717, 1.165) is 125 Å². The highest BCUT2D eigenvalue weighted by molar-refractivity contribution is 6.40. The predicted molar refractivity (Wildman–Crippen MR) is 396 cm³/mol. The first-order valence-corrected chi connectivity index (χ1v) is 35.7. The number of carbonyl (C=O) groups is 5. The van der Waals surface area contributed by atoms with Gasteiger partial charge in [-0.15, -0.1) is 23.2 Å². The molecular formula is C78H100Cl2N10O10. The van der Waals surface area contributed by atoms with Gasteiger partial charge in [0.25, 0.3) is 11.8 Å². The molecule has 0 bridgehead atoms. The lowest BCUT2D eigenvalue weighted by molar-refractivity contribution is -0.133. The number of fused-ring (bicyclic) bond motifs is 2. The number of piperidine rings is 2. The van der Waals surface area contributed by atoms with E-state index in [4.69, 9.17) is 62.6 Å². The number of nitrogens with one attached hydrogen (secondary N) is 3. The molecule has 0 aliphatic carbocycles. The van der Waals surface area contributed by atoms with Crippen LogP contribution in [-0.4, -0.2) is 176 Å². The summed E-state index contributed by atoms with van der Waals surface area (Å²) in [5.74, 6) is 2.22. The molecule has 0 unspecified atom stereocenters. The summed E-state index contributed by atoms with van der Waals surface area (Å²) in [5, 5.41) is 8.85. The quantitative estimate of drug-likeness (QED) is 0.0252. The minimum absolute atomic E-state index is 0.00392. The lowest BCUT2D eigenvalue weighted by atomic mass is 9.95. The van der Waals surface area contributed by atoms with Gasteiger partial charge >= 0.3 is 6.09 Å². The van der Waals surface area contributed by atoms with E-state index >= 15 is 0 Å². The van der Waals surface area contributed by atoms with Crippen LogP contribution in [0, 0.1) is 0 Å². The number of para-hydroxylation sites is 4. The molecule has 100 heavy (non-hydrogen) atoms. The summed E-state index contributed by atoms with van der Waals surface area (Å²) in [5.41, 5.74) is 17.4. The summed E-state index contributed by atoms with van der Waals surface area (Å²) < 4.78 is 30.8. The summed E-state index contributed by atoms with van der Waals surface area (Å²) in [4.78, 5) is 78.9. The van der Waals surface area contributed by atoms with Crippen molar-refractivity contribution in [1.82, 2.24) is 44.9 Å². The number of carbonyl (C=O) groups excluding carboxylic acids is 5. The highest BCUT2D eigenvalue weighted by Gasteiger charge is 2.32. The number of methoxy groups -OCH3 is 4. The summed E-state index contributed by atoms with van der Waals surface area (Å²) in [7, 11) is 6.65. The standard InChI is InChI=1S/C41H53N5O6.C36H45N5O4.CH2Cl2/c1-41(2,3)52-40(49)43-34(26-29-13-15-30(16-14-29)31-17-19-32(20-18-31)39(48)42-21-25-51-5)27-37(47)45-22-8-10-33(28-45)38-44-35-11-6-7-12-36(35)46(38)23-9-24-50-4;1-44-21-6-20-41-33-9-4-3-8-32(33)39-35(41)30-7-5-19-40(25-30)34(42)24-31(37)23-26-10-12-27(13-11-26)28-14-16-29(17-15-28)36(43)38-18-22-45-2;2-1-3/h6-7,11-20,33-34H,8-10,21-28H2,1-5H3,(H,42,48)(H,43,49);3-4,8-17,30-31H,5-7,18-25,37H2,1-2H3,(H,38,43);1H2/t33-,34-;30-,31-;/m11./s1. The van der Waals surface area contributed by atoms with E-state index in [1.807, 2.05) is 116 Å². The Balaban J connectivity index is 0.000000247. The maximum atomic E-state index is 14.0. The van der Waals surface area contributed by atoms with Crippen molar-refractivity contribution in [3.63, 3.8) is 0 Å². The van der Waals surface area contributed by atoms with Crippen LogP contribution in [0.15, 0.2) is 146 Å². The molecule has 2 aromatic heterocycles. The summed E-state index contributed by atoms with van der Waals surface area (Å²) in [6.45, 7) is 13.0. The molecule has 2 aliphatic rings. The van der Waals surface area contributed by atoms with Crippen molar-refractivity contribution in [2.75, 3.05) is 99.5 Å². The van der Waals surface area contributed by atoms with E-state index in [2.05, 4.69) is 73.6 Å². The van der Waals surface area contributed by atoms with Crippen LogP contribution in [0.4, 0.5) is 4.79 Å². The molecule has 2 aliphatic heterocycles. The minimum atomic E-state index is -0.671. The van der Waals surface area contributed by atoms with E-state index in [0.29, 0.717) is 89.5 Å². The Hall–Kier alpha value is -8.21. The smallest absolute Gasteiger partial charge is 0.407 e. The second-order valence-electron chi connectivity index (χ2n) is 26.3. The van der Waals surface area contributed by atoms with Crippen molar-refractivity contribution >= 4 is 75.0 Å². The van der Waals surface area contributed by atoms with Gasteiger partial charge in [-0.2, -0.15) is 0 Å². The molecule has 5 amide bonds. The molecule has 6 aromatic carbocycles. The molecule has 10 rings (SSSR count). The number of aryl methyl sites for hydroxylation is 2. The zero-order chi connectivity index (χ0) is 71.4. The highest BCUT2D eigenvalue weighted by atomic mass is 35.5. The molecule has 4 atom stereocenters. The number of amides is 5. The van der Waals surface area contributed by atoms with Crippen LogP contribution in [0.25, 0.3) is 44.3 Å². The van der Waals surface area contributed by atoms with E-state index in [1.54, 1.807) is 40.6 Å². The fourth-order valence-corrected chi connectivity index (χ4v) is 12.9. The molecule has 536 valence electrons. The van der Waals surface area contributed by atoms with Gasteiger partial charge in [-0.1, -0.05) is 97.1 Å². The number of ether oxygens (including phenoxy) is 5. The number of nitrogens with zero attached hydrogens (tertiary/aromatic N) is 6. The fraction of sp³-hybridized carbons (Fsp3) is 0.449. The van der Waals surface area contributed by atoms with Gasteiger partial charge in [-0.25, -0.2) is 14.8 Å². The Morgan fingerprint density at radius 1 is 0.540 bits per heavy atom. The average molecular weight is 1410 g/mol. The predicted octanol–water partition coefficient (Wildman–Crippen LogP) is 12.6. The van der Waals surface area contributed by atoms with Crippen molar-refractivity contribution in [3.05, 3.63) is 179 Å². The largest absolute Gasteiger partial charge is 0.444 e. The van der Waals surface area contributed by atoms with Crippen molar-refractivity contribution in [2.24, 2.45) is 5.73 Å². The number of alkyl carbamates (subject to hydrolysis) is 1. The SMILES string of the molecule is COCCCn1c([C@@H]2CCCN(C(=O)C[C@@H](Cc3ccc(-c4ccc(C(=O)NCCOC)cc4)cc3)NC(=O)OC(C)(C)C)C2)nc2ccccc21.COCCCn1c([C@@H]2CCCN(C(=O)C[C@H](N)Cc3ccc(-c4ccc(C(=O)NCCOC)cc4)cc3)C2)nc2ccccc21.ClCCl. The molecule has 2 fully saturated rings. The van der Waals surface area contributed by atoms with Gasteiger partial charge in [0.2, 0.25) is 11.8 Å². The van der Waals surface area contributed by atoms with Crippen LogP contribution >= 0.6 is 23.2 Å². The van der Waals surface area contributed by atoms with Crippen LogP contribution in [0.3, 0.4) is 0 Å². The third-order valence-corrected chi connectivity index (χ3v) is 17.7. The molecule has 2 saturated heterocycles. The Kier molecular flexibility index (Phi) is 30.8. The van der Waals surface area contributed by atoms with E-state index in [-0.39, 0.29) is 53.3 Å². The Labute approximate surface area is 598 Å². The fourth-order valence-electron chi connectivity index (χ4n) is 12.9. The maximum absolute atomic E-state index is 14.0. The number of hydrogen-bond donors (Lipinski definition) is 4. The number of benzene rings is 6. The molecule has 0 saturated carbocycles. The number of imidazole rings is 2. The third-order valence-electron chi connectivity index (χ3n) is 17.7. The first-order valence-electron chi connectivity index (χ1n) is 34.7. The van der Waals surface area contributed by atoms with Gasteiger partial charge in [0, 0.05) is 142 Å². The molecule has 0 spiro atoms. The zero-order valence-electron chi connectivity index (χ0n) is 59.0. The van der Waals surface area contributed by atoms with E-state index in [1.165, 1.54) is 0 Å². The molecule has 5 N–H and O–H groups in total. The second-order valence-corrected chi connectivity index (χ2v) is 27.1. The highest BCUT2D eigenvalue weighted by Crippen LogP contribution is 2.33. The van der Waals surface area contributed by atoms with Gasteiger partial charge in [0.1, 0.15) is 17.2 Å². The number of hydrogen-bond acceptors (Lipinski definition) is 13. The molecule has 4 heterocycles. The van der Waals surface area contributed by atoms with Crippen LogP contribution in [0.2, 0.25) is 0 Å². The van der Waals surface area contributed by atoms with Crippen LogP contribution in [-0.2, 0) is 59.2 Å². The van der Waals surface area contributed by atoms with Gasteiger partial charge < -0.3 is 64.3 Å². The third kappa shape index (κ3) is 23.2. The summed E-state index contributed by atoms with van der Waals surface area (Å²) in [6, 6.07) is 47.0. The van der Waals surface area contributed by atoms with E-state index in [9.17, 15) is 24.0 Å². The second kappa shape index (κ2) is 39.7. The van der Waals surface area contributed by atoms with Crippen LogP contribution in [0.5, 0.6) is 0 Å². The van der Waals surface area contributed by atoms with E-state index < -0.39 is 17.7 Å². The number of alkyl halides is 2. The van der Waals surface area contributed by atoms with Gasteiger partial charge in [-0.05, 0) is 154 Å². The summed E-state index contributed by atoms with van der Waals surface area (Å²) in [6.07, 6.45) is 6.57. The minimum Gasteiger partial charge on any atom is -0.444 e. The Bertz CT molecular complexity index is 3860. The van der Waals surface area contributed by atoms with Crippen LogP contribution < -0.4 is 21.7 Å². The Morgan fingerprint density at radius 3 is 1.34 bits per heavy atom. The normalized spacial score (nSPS) is 15.2. The maximum Gasteiger partial charge on any atom is 0.407 e. The topological polar surface area (TPSA) is 236 Å². The number of halogens is 2. The van der Waals surface area contributed by atoms with Crippen molar-refractivity contribution in [1.29, 1.82) is 0 Å². The number of likely N-dealkylation sites (tertiary alicyclic amines) is 2. The first kappa shape index (κ1) is 77.5. The van der Waals surface area contributed by atoms with Gasteiger partial charge in [0.05, 0.1) is 40.6 Å². The first-order chi connectivity index (χ1) is 48.4. The lowest BCUT2D eigenvalue weighted by Gasteiger charge is -2.34. The Morgan fingerprint density at radius 2 is 0.930 bits per heavy atom. The average Bonchev–Trinajstić information content (AvgIpc) is 1.64. The molecule has 0 radical (unpaired) electrons. The van der Waals surface area contributed by atoms with Gasteiger partial charge in [0.15, 0.2) is 0 Å². The van der Waals surface area contributed by atoms with Crippen molar-refractivity contribution in [3.8, 4) is 22.3 Å². The molecule has 22 heteroatoms. The lowest BCUT2D eigenvalue weighted by Crippen LogP contribution is -2.46. The molecule has 8 aromatic rings. The monoisotopic (exact) mass is 1410 g/mol. The van der Waals surface area contributed by atoms with Crippen molar-refractivity contribution in [2.45, 2.75) is 128 Å². The number of nitrogens with two attached hydrogens (primary N) is 1. The molecular weight excluding hydrogens is 1310 g/mol. The number of aromatic nitrogens is 4.